The van der Waals surface area contributed by atoms with E-state index in [4.69, 9.17) is 0 Å². The summed E-state index contributed by atoms with van der Waals surface area (Å²) in [6, 6.07) is 10.5. The molecule has 152 valence electrons. The Morgan fingerprint density at radius 2 is 2.00 bits per heavy atom. The highest BCUT2D eigenvalue weighted by molar-refractivity contribution is 14.0. The molecule has 1 saturated carbocycles. The van der Waals surface area contributed by atoms with Crippen molar-refractivity contribution in [3.8, 4) is 5.69 Å². The number of nitrogens with one attached hydrogen (secondary N) is 3. The summed E-state index contributed by atoms with van der Waals surface area (Å²) in [4.78, 5) is 16.5. The van der Waals surface area contributed by atoms with E-state index >= 15 is 0 Å². The number of rotatable bonds is 7. The summed E-state index contributed by atoms with van der Waals surface area (Å²) in [7, 11) is 0. The monoisotopic (exact) mass is 496 g/mol. The van der Waals surface area contributed by atoms with Crippen molar-refractivity contribution in [1.29, 1.82) is 0 Å². The van der Waals surface area contributed by atoms with Crippen molar-refractivity contribution in [2.24, 2.45) is 4.99 Å². The van der Waals surface area contributed by atoms with Gasteiger partial charge >= 0.3 is 0 Å². The van der Waals surface area contributed by atoms with Gasteiger partial charge in [0.2, 0.25) is 5.91 Å². The molecule has 1 amide bonds. The lowest BCUT2D eigenvalue weighted by Gasteiger charge is -2.13. The van der Waals surface area contributed by atoms with Gasteiger partial charge in [-0.3, -0.25) is 4.79 Å². The van der Waals surface area contributed by atoms with Crippen LogP contribution in [0, 0.1) is 13.8 Å². The average molecular weight is 496 g/mol. The van der Waals surface area contributed by atoms with Crippen LogP contribution >= 0.6 is 24.0 Å². The Kier molecular flexibility index (Phi) is 8.28. The number of nitrogens with zero attached hydrogens (tertiary/aromatic N) is 3. The summed E-state index contributed by atoms with van der Waals surface area (Å²) in [5, 5.41) is 13.8. The van der Waals surface area contributed by atoms with E-state index in [0.29, 0.717) is 18.5 Å². The Balaban J connectivity index is 0.00000280. The summed E-state index contributed by atoms with van der Waals surface area (Å²) in [5.74, 6) is 0.637. The van der Waals surface area contributed by atoms with E-state index in [1.54, 1.807) is 0 Å². The van der Waals surface area contributed by atoms with Gasteiger partial charge in [0.05, 0.1) is 24.5 Å². The number of carbonyl (C=O) groups excluding carboxylic acids is 1. The first-order valence-electron chi connectivity index (χ1n) is 9.50. The molecule has 1 aromatic heterocycles. The van der Waals surface area contributed by atoms with Gasteiger partial charge in [0.1, 0.15) is 0 Å². The number of hydrogen-bond acceptors (Lipinski definition) is 3. The maximum atomic E-state index is 11.9. The molecule has 7 nitrogen and oxygen atoms in total. The van der Waals surface area contributed by atoms with Gasteiger partial charge in [-0.2, -0.15) is 5.10 Å². The summed E-state index contributed by atoms with van der Waals surface area (Å²) < 4.78 is 1.95. The first-order chi connectivity index (χ1) is 13.1. The Morgan fingerprint density at radius 1 is 1.25 bits per heavy atom. The summed E-state index contributed by atoms with van der Waals surface area (Å²) in [5.41, 5.74) is 4.17. The zero-order chi connectivity index (χ0) is 19.2. The van der Waals surface area contributed by atoms with Crippen LogP contribution in [0.5, 0.6) is 0 Å². The number of amides is 1. The number of guanidine groups is 1. The van der Waals surface area contributed by atoms with Crippen LogP contribution in [0.4, 0.5) is 0 Å². The van der Waals surface area contributed by atoms with Gasteiger partial charge in [0.25, 0.3) is 0 Å². The number of aliphatic imine (C=N–C) groups is 1. The fourth-order valence-electron chi connectivity index (χ4n) is 2.90. The summed E-state index contributed by atoms with van der Waals surface area (Å²) in [6.45, 7) is 7.49. The lowest BCUT2D eigenvalue weighted by molar-refractivity contribution is -0.120. The van der Waals surface area contributed by atoms with E-state index < -0.39 is 0 Å². The average Bonchev–Trinajstić information content (AvgIpc) is 3.39. The molecular weight excluding hydrogens is 467 g/mol. The second kappa shape index (κ2) is 10.4. The van der Waals surface area contributed by atoms with Gasteiger partial charge in [0.15, 0.2) is 5.96 Å². The highest BCUT2D eigenvalue weighted by Gasteiger charge is 2.23. The maximum absolute atomic E-state index is 11.9. The number of hydrogen-bond donors (Lipinski definition) is 3. The highest BCUT2D eigenvalue weighted by atomic mass is 127. The minimum atomic E-state index is 0. The fraction of sp³-hybridized carbons (Fsp3) is 0.450. The van der Waals surface area contributed by atoms with Gasteiger partial charge in [-0.05, 0) is 51.3 Å². The molecule has 1 aliphatic carbocycles. The third-order valence-electron chi connectivity index (χ3n) is 4.34. The Bertz CT molecular complexity index is 828. The second-order valence-electron chi connectivity index (χ2n) is 6.86. The van der Waals surface area contributed by atoms with Gasteiger partial charge in [-0.1, -0.05) is 18.2 Å². The SMILES string of the molecule is CCNC(=NCc1ccccc1-n1nc(C)cc1C)NCC(=O)NC1CC1.I. The molecule has 0 spiro atoms. The molecule has 28 heavy (non-hydrogen) atoms. The van der Waals surface area contributed by atoms with Crippen LogP contribution in [0.2, 0.25) is 0 Å². The smallest absolute Gasteiger partial charge is 0.239 e. The molecule has 1 fully saturated rings. The van der Waals surface area contributed by atoms with E-state index in [2.05, 4.69) is 38.2 Å². The van der Waals surface area contributed by atoms with Gasteiger partial charge < -0.3 is 16.0 Å². The second-order valence-corrected chi connectivity index (χ2v) is 6.86. The van der Waals surface area contributed by atoms with E-state index in [1.807, 2.05) is 43.7 Å². The number of benzene rings is 1. The molecule has 3 N–H and O–H groups in total. The van der Waals surface area contributed by atoms with Gasteiger partial charge in [-0.15, -0.1) is 24.0 Å². The van der Waals surface area contributed by atoms with Crippen LogP contribution in [0.25, 0.3) is 5.69 Å². The Morgan fingerprint density at radius 3 is 2.64 bits per heavy atom. The summed E-state index contributed by atoms with van der Waals surface area (Å²) >= 11 is 0. The zero-order valence-electron chi connectivity index (χ0n) is 16.7. The minimum Gasteiger partial charge on any atom is -0.357 e. The molecule has 1 heterocycles. The number of halogens is 1. The van der Waals surface area contributed by atoms with Crippen molar-refractivity contribution in [2.75, 3.05) is 13.1 Å². The van der Waals surface area contributed by atoms with Gasteiger partial charge in [0, 0.05) is 18.3 Å². The third kappa shape index (κ3) is 6.22. The van der Waals surface area contributed by atoms with Crippen LogP contribution < -0.4 is 16.0 Å². The van der Waals surface area contributed by atoms with Crippen molar-refractivity contribution in [3.63, 3.8) is 0 Å². The van der Waals surface area contributed by atoms with Crippen molar-refractivity contribution in [1.82, 2.24) is 25.7 Å². The first kappa shape index (κ1) is 22.2. The number of aromatic nitrogens is 2. The van der Waals surface area contributed by atoms with E-state index in [0.717, 1.165) is 42.0 Å². The predicted octanol–water partition coefficient (Wildman–Crippen LogP) is 2.44. The number of para-hydroxylation sites is 1. The Hall–Kier alpha value is -2.10. The van der Waals surface area contributed by atoms with Crippen molar-refractivity contribution in [3.05, 3.63) is 47.3 Å². The Labute approximate surface area is 183 Å². The molecule has 0 radical (unpaired) electrons. The summed E-state index contributed by atoms with van der Waals surface area (Å²) in [6.07, 6.45) is 2.17. The van der Waals surface area contributed by atoms with Crippen molar-refractivity contribution in [2.45, 2.75) is 46.2 Å². The number of aryl methyl sites for hydroxylation is 2. The highest BCUT2D eigenvalue weighted by Crippen LogP contribution is 2.18. The molecule has 0 aliphatic heterocycles. The third-order valence-corrected chi connectivity index (χ3v) is 4.34. The van der Waals surface area contributed by atoms with E-state index in [-0.39, 0.29) is 36.4 Å². The van der Waals surface area contributed by atoms with Crippen LogP contribution in [0.15, 0.2) is 35.3 Å². The molecule has 3 rings (SSSR count). The number of carbonyl (C=O) groups is 1. The van der Waals surface area contributed by atoms with Crippen LogP contribution in [0.1, 0.15) is 36.7 Å². The van der Waals surface area contributed by atoms with Crippen LogP contribution in [-0.2, 0) is 11.3 Å². The maximum Gasteiger partial charge on any atom is 0.239 e. The molecule has 1 aliphatic rings. The predicted molar refractivity (Wildman–Crippen MR) is 122 cm³/mol. The molecule has 0 atom stereocenters. The largest absolute Gasteiger partial charge is 0.357 e. The lowest BCUT2D eigenvalue weighted by Crippen LogP contribution is -2.43. The van der Waals surface area contributed by atoms with Crippen LogP contribution in [-0.4, -0.2) is 40.8 Å². The quantitative estimate of drug-likeness (QED) is 0.313. The molecular formula is C20H29IN6O. The fourth-order valence-corrected chi connectivity index (χ4v) is 2.90. The normalized spacial score (nSPS) is 13.6. The van der Waals surface area contributed by atoms with Gasteiger partial charge in [-0.25, -0.2) is 9.67 Å². The van der Waals surface area contributed by atoms with E-state index in [9.17, 15) is 4.79 Å². The molecule has 0 bridgehead atoms. The van der Waals surface area contributed by atoms with Crippen molar-refractivity contribution < 1.29 is 4.79 Å². The minimum absolute atomic E-state index is 0. The molecule has 0 saturated heterocycles. The van der Waals surface area contributed by atoms with Crippen molar-refractivity contribution >= 4 is 35.8 Å². The first-order valence-corrected chi connectivity index (χ1v) is 9.50. The molecule has 8 heteroatoms. The topological polar surface area (TPSA) is 83.3 Å². The van der Waals surface area contributed by atoms with E-state index in [1.165, 1.54) is 0 Å². The lowest BCUT2D eigenvalue weighted by atomic mass is 10.2. The standard InChI is InChI=1S/C20H28N6O.HI/c1-4-21-20(23-13-19(27)24-17-9-10-17)22-12-16-7-5-6-8-18(16)26-15(3)11-14(2)25-26;/h5-8,11,17H,4,9-10,12-13H2,1-3H3,(H,24,27)(H2,21,22,23);1H. The molecule has 0 unspecified atom stereocenters. The zero-order valence-corrected chi connectivity index (χ0v) is 19.0. The molecule has 2 aromatic rings. The van der Waals surface area contributed by atoms with Crippen LogP contribution in [0.3, 0.4) is 0 Å². The molecule has 1 aromatic carbocycles.